The molecule has 0 radical (unpaired) electrons. The Bertz CT molecular complexity index is 1210. The first-order valence-electron chi connectivity index (χ1n) is 11.6. The highest BCUT2D eigenvalue weighted by atomic mass is 16.5. The number of anilines is 1. The maximum atomic E-state index is 13.8. The largest absolute Gasteiger partial charge is 0.491 e. The van der Waals surface area contributed by atoms with Crippen LogP contribution in [0.1, 0.15) is 37.5 Å². The molecule has 2 amide bonds. The van der Waals surface area contributed by atoms with Crippen LogP contribution in [-0.4, -0.2) is 29.4 Å². The molecule has 0 N–H and O–H groups in total. The Morgan fingerprint density at radius 2 is 1.59 bits per heavy atom. The molecule has 0 spiro atoms. The summed E-state index contributed by atoms with van der Waals surface area (Å²) >= 11 is 0. The number of hydrogen-bond donors (Lipinski definition) is 0. The van der Waals surface area contributed by atoms with Gasteiger partial charge in [0, 0.05) is 13.1 Å². The molecule has 174 valence electrons. The van der Waals surface area contributed by atoms with E-state index in [0.29, 0.717) is 35.6 Å². The molecule has 4 rings (SSSR count). The minimum Gasteiger partial charge on any atom is -0.491 e. The number of nitrogens with zero attached hydrogens (tertiary/aromatic N) is 2. The molecule has 0 aromatic heterocycles. The summed E-state index contributed by atoms with van der Waals surface area (Å²) < 4.78 is 5.77. The van der Waals surface area contributed by atoms with Crippen molar-refractivity contribution in [1.29, 1.82) is 0 Å². The lowest BCUT2D eigenvalue weighted by molar-refractivity contribution is -0.120. The number of ether oxygens (including phenoxy) is 1. The molecule has 0 unspecified atom stereocenters. The maximum Gasteiger partial charge on any atom is 0.282 e. The topological polar surface area (TPSA) is 49.9 Å². The number of imide groups is 1. The first kappa shape index (κ1) is 23.3. The summed E-state index contributed by atoms with van der Waals surface area (Å²) in [6, 6.07) is 24.9. The highest BCUT2D eigenvalue weighted by Gasteiger charge is 2.42. The molecular formula is C29H30N2O3. The van der Waals surface area contributed by atoms with Crippen molar-refractivity contribution in [3.05, 3.63) is 101 Å². The Kier molecular flexibility index (Phi) is 6.82. The van der Waals surface area contributed by atoms with Crippen molar-refractivity contribution in [2.75, 3.05) is 11.4 Å². The van der Waals surface area contributed by atoms with Gasteiger partial charge in [0.15, 0.2) is 0 Å². The van der Waals surface area contributed by atoms with Gasteiger partial charge >= 0.3 is 0 Å². The highest BCUT2D eigenvalue weighted by Crippen LogP contribution is 2.36. The molecule has 0 aliphatic carbocycles. The van der Waals surface area contributed by atoms with E-state index in [0.717, 1.165) is 16.9 Å². The number of carbonyl (C=O) groups excluding carboxylic acids is 2. The van der Waals surface area contributed by atoms with Crippen LogP contribution in [0.3, 0.4) is 0 Å². The SMILES string of the molecule is CCN(Cc1ccccc1)C1=C(c2ccc(OC(C)C)cc2)C(=O)N(c2cccc(C)c2)C1=O. The predicted octanol–water partition coefficient (Wildman–Crippen LogP) is 5.59. The molecular weight excluding hydrogens is 424 g/mol. The average Bonchev–Trinajstić information content (AvgIpc) is 3.08. The Morgan fingerprint density at radius 3 is 2.21 bits per heavy atom. The molecule has 0 fully saturated rings. The van der Waals surface area contributed by atoms with Gasteiger partial charge in [-0.25, -0.2) is 4.90 Å². The van der Waals surface area contributed by atoms with Crippen molar-refractivity contribution in [2.45, 2.75) is 40.3 Å². The van der Waals surface area contributed by atoms with Crippen LogP contribution in [0.2, 0.25) is 0 Å². The second kappa shape index (κ2) is 9.96. The number of rotatable bonds is 8. The van der Waals surface area contributed by atoms with Gasteiger partial charge in [-0.05, 0) is 68.7 Å². The molecule has 0 saturated heterocycles. The van der Waals surface area contributed by atoms with E-state index < -0.39 is 0 Å². The van der Waals surface area contributed by atoms with Gasteiger partial charge in [-0.3, -0.25) is 9.59 Å². The summed E-state index contributed by atoms with van der Waals surface area (Å²) in [5.41, 5.74) is 4.19. The highest BCUT2D eigenvalue weighted by molar-refractivity contribution is 6.45. The molecule has 0 saturated carbocycles. The van der Waals surface area contributed by atoms with Gasteiger partial charge in [0.25, 0.3) is 11.8 Å². The summed E-state index contributed by atoms with van der Waals surface area (Å²) in [5, 5.41) is 0. The zero-order valence-electron chi connectivity index (χ0n) is 20.1. The van der Waals surface area contributed by atoms with Crippen molar-refractivity contribution < 1.29 is 14.3 Å². The van der Waals surface area contributed by atoms with Crippen LogP contribution in [-0.2, 0) is 16.1 Å². The molecule has 3 aromatic carbocycles. The summed E-state index contributed by atoms with van der Waals surface area (Å²) in [6.07, 6.45) is 0.0496. The van der Waals surface area contributed by atoms with Gasteiger partial charge in [-0.2, -0.15) is 0 Å². The minimum absolute atomic E-state index is 0.0496. The third kappa shape index (κ3) is 4.74. The van der Waals surface area contributed by atoms with E-state index in [4.69, 9.17) is 4.74 Å². The summed E-state index contributed by atoms with van der Waals surface area (Å²) in [4.78, 5) is 30.8. The standard InChI is InChI=1S/C29H30N2O3/c1-5-30(19-22-11-7-6-8-12-22)27-26(23-14-16-25(17-15-23)34-20(2)3)28(32)31(29(27)33)24-13-9-10-21(4)18-24/h6-18,20H,5,19H2,1-4H3. The average molecular weight is 455 g/mol. The monoisotopic (exact) mass is 454 g/mol. The van der Waals surface area contributed by atoms with Crippen molar-refractivity contribution in [2.24, 2.45) is 0 Å². The maximum absolute atomic E-state index is 13.8. The molecule has 1 aliphatic heterocycles. The number of aryl methyl sites for hydroxylation is 1. The number of carbonyl (C=O) groups is 2. The third-order valence-electron chi connectivity index (χ3n) is 5.75. The number of benzene rings is 3. The van der Waals surface area contributed by atoms with Crippen molar-refractivity contribution in [1.82, 2.24) is 4.90 Å². The molecule has 1 aliphatic rings. The number of amides is 2. The van der Waals surface area contributed by atoms with Crippen LogP contribution in [0, 0.1) is 6.92 Å². The van der Waals surface area contributed by atoms with E-state index >= 15 is 0 Å². The Balaban J connectivity index is 1.80. The van der Waals surface area contributed by atoms with Gasteiger partial charge in [-0.1, -0.05) is 54.6 Å². The van der Waals surface area contributed by atoms with Crippen LogP contribution in [0.4, 0.5) is 5.69 Å². The molecule has 34 heavy (non-hydrogen) atoms. The summed E-state index contributed by atoms with van der Waals surface area (Å²) in [6.45, 7) is 9.01. The van der Waals surface area contributed by atoms with Crippen LogP contribution in [0.5, 0.6) is 5.75 Å². The van der Waals surface area contributed by atoms with E-state index in [1.807, 2.05) is 105 Å². The Hall–Kier alpha value is -3.86. The molecule has 3 aromatic rings. The van der Waals surface area contributed by atoms with E-state index in [2.05, 4.69) is 0 Å². The molecule has 5 nitrogen and oxygen atoms in total. The third-order valence-corrected chi connectivity index (χ3v) is 5.75. The molecule has 5 heteroatoms. The van der Waals surface area contributed by atoms with Crippen LogP contribution < -0.4 is 9.64 Å². The number of hydrogen-bond acceptors (Lipinski definition) is 4. The minimum atomic E-state index is -0.311. The van der Waals surface area contributed by atoms with Gasteiger partial charge in [-0.15, -0.1) is 0 Å². The van der Waals surface area contributed by atoms with Crippen LogP contribution >= 0.6 is 0 Å². The van der Waals surface area contributed by atoms with Crippen LogP contribution in [0.25, 0.3) is 5.57 Å². The van der Waals surface area contributed by atoms with Crippen molar-refractivity contribution >= 4 is 23.1 Å². The predicted molar refractivity (Wildman–Crippen MR) is 135 cm³/mol. The quantitative estimate of drug-likeness (QED) is 0.417. The van der Waals surface area contributed by atoms with Crippen molar-refractivity contribution in [3.8, 4) is 5.75 Å². The smallest absolute Gasteiger partial charge is 0.282 e. The number of likely N-dealkylation sites (N-methyl/N-ethyl adjacent to an activating group) is 1. The van der Waals surface area contributed by atoms with Crippen molar-refractivity contribution in [3.63, 3.8) is 0 Å². The van der Waals surface area contributed by atoms with Gasteiger partial charge in [0.1, 0.15) is 11.4 Å². The normalized spacial score (nSPS) is 13.7. The Morgan fingerprint density at radius 1 is 0.882 bits per heavy atom. The fraction of sp³-hybridized carbons (Fsp3) is 0.241. The fourth-order valence-electron chi connectivity index (χ4n) is 4.20. The van der Waals surface area contributed by atoms with Crippen LogP contribution in [0.15, 0.2) is 84.6 Å². The fourth-order valence-corrected chi connectivity index (χ4v) is 4.20. The Labute approximate surface area is 201 Å². The van der Waals surface area contributed by atoms with E-state index in [1.54, 1.807) is 6.07 Å². The van der Waals surface area contributed by atoms with Gasteiger partial charge < -0.3 is 9.64 Å². The van der Waals surface area contributed by atoms with E-state index in [9.17, 15) is 9.59 Å². The van der Waals surface area contributed by atoms with E-state index in [1.165, 1.54) is 4.90 Å². The first-order chi connectivity index (χ1) is 16.4. The lowest BCUT2D eigenvalue weighted by atomic mass is 10.0. The summed E-state index contributed by atoms with van der Waals surface area (Å²) in [5.74, 6) is 0.116. The molecule has 0 bridgehead atoms. The summed E-state index contributed by atoms with van der Waals surface area (Å²) in [7, 11) is 0. The van der Waals surface area contributed by atoms with Gasteiger partial charge in [0.05, 0.1) is 17.4 Å². The zero-order chi connectivity index (χ0) is 24.2. The second-order valence-electron chi connectivity index (χ2n) is 8.70. The lowest BCUT2D eigenvalue weighted by Crippen LogP contribution is -2.35. The zero-order valence-corrected chi connectivity index (χ0v) is 20.1. The van der Waals surface area contributed by atoms with E-state index in [-0.39, 0.29) is 17.9 Å². The molecule has 1 heterocycles. The van der Waals surface area contributed by atoms with Gasteiger partial charge in [0.2, 0.25) is 0 Å². The molecule has 0 atom stereocenters. The lowest BCUT2D eigenvalue weighted by Gasteiger charge is -2.25. The first-order valence-corrected chi connectivity index (χ1v) is 11.6. The second-order valence-corrected chi connectivity index (χ2v) is 8.70.